The van der Waals surface area contributed by atoms with E-state index in [2.05, 4.69) is 33.0 Å². The number of fused-ring (bicyclic) bond motifs is 6. The van der Waals surface area contributed by atoms with Gasteiger partial charge in [0.25, 0.3) is 5.56 Å². The predicted molar refractivity (Wildman–Crippen MR) is 213 cm³/mol. The van der Waals surface area contributed by atoms with Crippen LogP contribution in [0.25, 0.3) is 32.6 Å². The van der Waals surface area contributed by atoms with E-state index in [1.165, 1.54) is 12.0 Å². The average molecular weight is 770 g/mol. The third kappa shape index (κ3) is 9.73. The molecule has 0 saturated carbocycles. The number of benzene rings is 2. The smallest absolute Gasteiger partial charge is 0.409 e. The van der Waals surface area contributed by atoms with E-state index < -0.39 is 6.09 Å². The summed E-state index contributed by atoms with van der Waals surface area (Å²) in [5.41, 5.74) is 6.91. The first-order valence-electron chi connectivity index (χ1n) is 17.7. The maximum Gasteiger partial charge on any atom is 0.409 e. The largest absolute Gasteiger partial charge is 0.493 e. The Hall–Kier alpha value is -4.08. The van der Waals surface area contributed by atoms with Gasteiger partial charge in [0.05, 0.1) is 30.6 Å². The van der Waals surface area contributed by atoms with Crippen LogP contribution >= 0.6 is 21.6 Å². The molecule has 13 nitrogen and oxygen atoms in total. The summed E-state index contributed by atoms with van der Waals surface area (Å²) in [5.74, 6) is 3.33. The minimum Gasteiger partial charge on any atom is -0.493 e. The van der Waals surface area contributed by atoms with Crippen LogP contribution in [0, 0.1) is 10.8 Å². The van der Waals surface area contributed by atoms with Crippen LogP contribution in [0.4, 0.5) is 4.79 Å². The Morgan fingerprint density at radius 1 is 0.962 bits per heavy atom. The minimum atomic E-state index is -0.494. The lowest BCUT2D eigenvalue weighted by Gasteiger charge is -2.35. The van der Waals surface area contributed by atoms with Gasteiger partial charge in [0.2, 0.25) is 12.7 Å². The van der Waals surface area contributed by atoms with E-state index in [0.29, 0.717) is 81.2 Å². The van der Waals surface area contributed by atoms with Gasteiger partial charge in [-0.25, -0.2) is 4.79 Å². The van der Waals surface area contributed by atoms with E-state index >= 15 is 0 Å². The second-order valence-corrected chi connectivity index (χ2v) is 17.4. The lowest BCUT2D eigenvalue weighted by molar-refractivity contribution is -0.121. The molecule has 0 unspecified atom stereocenters. The number of ether oxygens (including phenoxy) is 5. The fraction of sp³-hybridized carbons (Fsp3) is 0.526. The second kappa shape index (κ2) is 17.4. The highest BCUT2D eigenvalue weighted by molar-refractivity contribution is 8.76. The molecule has 288 valence electrons. The van der Waals surface area contributed by atoms with Crippen LogP contribution in [0.2, 0.25) is 0 Å². The van der Waals surface area contributed by atoms with Gasteiger partial charge in [0.15, 0.2) is 23.0 Å². The maximum absolute atomic E-state index is 14.2. The van der Waals surface area contributed by atoms with Crippen molar-refractivity contribution >= 4 is 66.2 Å². The number of carbonyl (C=O) groups excluding carboxylic acids is 2. The molecule has 53 heavy (non-hydrogen) atoms. The number of hydrogen-bond donors (Lipinski definition) is 2. The number of methoxy groups -OCH3 is 2. The molecule has 2 amide bonds. The van der Waals surface area contributed by atoms with Gasteiger partial charge in [-0.05, 0) is 48.4 Å². The number of aromatic nitrogens is 2. The van der Waals surface area contributed by atoms with Crippen LogP contribution in [0.3, 0.4) is 0 Å². The SMILES string of the molecule is COc1cc2c(=O)n(CCN(C)C(=O)OCCSSCCC(=O)NCC(C)(C)CC(C)(C)CCN)c3c4cc5c(cc4ncc3c2cc1OC)OCO5. The normalized spacial score (nSPS) is 12.8. The summed E-state index contributed by atoms with van der Waals surface area (Å²) in [6.45, 7) is 10.8. The van der Waals surface area contributed by atoms with E-state index in [1.54, 1.807) is 64.7 Å². The van der Waals surface area contributed by atoms with Crippen molar-refractivity contribution in [3.8, 4) is 23.0 Å². The molecule has 0 bridgehead atoms. The van der Waals surface area contributed by atoms with Gasteiger partial charge >= 0.3 is 6.09 Å². The molecule has 0 saturated heterocycles. The van der Waals surface area contributed by atoms with Crippen LogP contribution in [-0.2, 0) is 16.1 Å². The minimum absolute atomic E-state index is 0.0215. The Bertz CT molecular complexity index is 2020. The number of amides is 2. The Morgan fingerprint density at radius 3 is 2.34 bits per heavy atom. The summed E-state index contributed by atoms with van der Waals surface area (Å²) in [6, 6.07) is 7.09. The predicted octanol–water partition coefficient (Wildman–Crippen LogP) is 6.20. The Labute approximate surface area is 317 Å². The van der Waals surface area contributed by atoms with E-state index in [-0.39, 0.29) is 48.8 Å². The zero-order valence-corrected chi connectivity index (χ0v) is 33.3. The molecule has 0 aliphatic carbocycles. The molecule has 0 fully saturated rings. The number of nitrogens with two attached hydrogens (primary N) is 1. The molecule has 3 N–H and O–H groups in total. The Morgan fingerprint density at radius 2 is 1.64 bits per heavy atom. The van der Waals surface area contributed by atoms with E-state index in [0.717, 1.165) is 18.2 Å². The fourth-order valence-electron chi connectivity index (χ4n) is 6.93. The molecule has 2 aromatic carbocycles. The van der Waals surface area contributed by atoms with E-state index in [1.807, 2.05) is 6.07 Å². The fourth-order valence-corrected chi connectivity index (χ4v) is 8.74. The molecule has 2 aromatic heterocycles. The standard InChI is InChI=1S/C38H51N5O8S2/c1-37(2,9-10-39)21-38(3,4)22-41-33(44)8-14-52-53-15-13-49-36(46)42(5)11-12-43-34-26-18-31-32(51-23-50-31)19-28(26)40-20-27(34)24-16-29(47-6)30(48-7)17-25(24)35(43)45/h16-20H,8-15,21-23,39H2,1-7H3,(H,41,44). The number of nitrogens with one attached hydrogen (secondary N) is 1. The monoisotopic (exact) mass is 769 g/mol. The highest BCUT2D eigenvalue weighted by Crippen LogP contribution is 2.40. The molecule has 1 aliphatic heterocycles. The van der Waals surface area contributed by atoms with Gasteiger partial charge in [0, 0.05) is 73.0 Å². The summed E-state index contributed by atoms with van der Waals surface area (Å²) < 4.78 is 29.5. The molecule has 5 rings (SSSR count). The van der Waals surface area contributed by atoms with Crippen molar-refractivity contribution in [3.05, 3.63) is 40.8 Å². The van der Waals surface area contributed by atoms with E-state index in [9.17, 15) is 14.4 Å². The topological polar surface area (TPSA) is 156 Å². The van der Waals surface area contributed by atoms with Crippen LogP contribution in [0.15, 0.2) is 35.3 Å². The van der Waals surface area contributed by atoms with Crippen molar-refractivity contribution in [1.82, 2.24) is 19.8 Å². The highest BCUT2D eigenvalue weighted by atomic mass is 33.1. The molecule has 4 aromatic rings. The molecule has 0 atom stereocenters. The first kappa shape index (κ1) is 40.1. The summed E-state index contributed by atoms with van der Waals surface area (Å²) >= 11 is 0. The Balaban J connectivity index is 1.17. The van der Waals surface area contributed by atoms with Gasteiger partial charge in [-0.1, -0.05) is 49.3 Å². The highest BCUT2D eigenvalue weighted by Gasteiger charge is 2.29. The van der Waals surface area contributed by atoms with Gasteiger partial charge in [-0.3, -0.25) is 14.6 Å². The molecule has 1 aliphatic rings. The quantitative estimate of drug-likeness (QED) is 0.0673. The third-order valence-corrected chi connectivity index (χ3v) is 11.7. The summed E-state index contributed by atoms with van der Waals surface area (Å²) in [6.07, 6.45) is 3.58. The summed E-state index contributed by atoms with van der Waals surface area (Å²) in [7, 11) is 7.84. The van der Waals surface area contributed by atoms with Crippen molar-refractivity contribution in [2.24, 2.45) is 16.6 Å². The summed E-state index contributed by atoms with van der Waals surface area (Å²) in [4.78, 5) is 45.7. The lowest BCUT2D eigenvalue weighted by atomic mass is 9.73. The molecule has 0 radical (unpaired) electrons. The summed E-state index contributed by atoms with van der Waals surface area (Å²) in [5, 5.41) is 5.62. The van der Waals surface area contributed by atoms with Crippen molar-refractivity contribution in [1.29, 1.82) is 0 Å². The molecular weight excluding hydrogens is 719 g/mol. The number of rotatable bonds is 18. The van der Waals surface area contributed by atoms with Crippen LogP contribution in [-0.4, -0.2) is 92.3 Å². The van der Waals surface area contributed by atoms with Crippen molar-refractivity contribution in [2.45, 2.75) is 53.5 Å². The Kier molecular flexibility index (Phi) is 13.2. The zero-order valence-electron chi connectivity index (χ0n) is 31.7. The molecule has 0 spiro atoms. The third-order valence-electron chi connectivity index (χ3n) is 9.29. The molecular formula is C38H51N5O8S2. The molecule has 3 heterocycles. The van der Waals surface area contributed by atoms with Gasteiger partial charge in [0.1, 0.15) is 6.61 Å². The van der Waals surface area contributed by atoms with Crippen molar-refractivity contribution in [2.75, 3.05) is 65.8 Å². The number of carbonyl (C=O) groups is 2. The second-order valence-electron chi connectivity index (χ2n) is 14.7. The van der Waals surface area contributed by atoms with Gasteiger partial charge < -0.3 is 44.2 Å². The first-order valence-corrected chi connectivity index (χ1v) is 20.2. The van der Waals surface area contributed by atoms with Crippen LogP contribution in [0.1, 0.15) is 47.0 Å². The number of pyridine rings is 2. The van der Waals surface area contributed by atoms with Crippen LogP contribution in [0.5, 0.6) is 23.0 Å². The number of hydrogen-bond acceptors (Lipinski definition) is 12. The van der Waals surface area contributed by atoms with Crippen LogP contribution < -0.4 is 35.6 Å². The van der Waals surface area contributed by atoms with Gasteiger partial charge in [-0.2, -0.15) is 0 Å². The number of likely N-dealkylation sites (N-methyl/N-ethyl adjacent to an activating group) is 1. The van der Waals surface area contributed by atoms with Crippen molar-refractivity contribution in [3.63, 3.8) is 0 Å². The first-order chi connectivity index (χ1) is 25.3. The number of nitrogens with zero attached hydrogens (tertiary/aromatic N) is 3. The van der Waals surface area contributed by atoms with Crippen molar-refractivity contribution < 1.29 is 33.3 Å². The molecule has 15 heteroatoms. The van der Waals surface area contributed by atoms with E-state index in [4.69, 9.17) is 34.4 Å². The average Bonchev–Trinajstić information content (AvgIpc) is 3.58. The van der Waals surface area contributed by atoms with Gasteiger partial charge in [-0.15, -0.1) is 0 Å². The maximum atomic E-state index is 14.2. The lowest BCUT2D eigenvalue weighted by Crippen LogP contribution is -2.37. The zero-order chi connectivity index (χ0) is 38.3.